The van der Waals surface area contributed by atoms with Gasteiger partial charge in [0.05, 0.1) is 17.1 Å². The highest BCUT2D eigenvalue weighted by molar-refractivity contribution is 7.92. The number of rotatable bonds is 7. The number of anilines is 1. The fraction of sp³-hybridized carbons (Fsp3) is 0.321. The average molecular weight is 506 g/mol. The first-order valence-electron chi connectivity index (χ1n) is 12.3. The molecule has 1 N–H and O–H groups in total. The van der Waals surface area contributed by atoms with Gasteiger partial charge in [-0.05, 0) is 68.2 Å². The van der Waals surface area contributed by atoms with E-state index in [9.17, 15) is 13.2 Å². The van der Waals surface area contributed by atoms with Gasteiger partial charge in [-0.2, -0.15) is 0 Å². The van der Waals surface area contributed by atoms with E-state index in [0.29, 0.717) is 18.0 Å². The van der Waals surface area contributed by atoms with Crippen molar-refractivity contribution in [2.45, 2.75) is 43.9 Å². The van der Waals surface area contributed by atoms with E-state index >= 15 is 0 Å². The van der Waals surface area contributed by atoms with Crippen LogP contribution in [0.3, 0.4) is 0 Å². The zero-order valence-electron chi connectivity index (χ0n) is 20.4. The maximum atomic E-state index is 13.6. The summed E-state index contributed by atoms with van der Waals surface area (Å²) >= 11 is 0. The Kier molecular flexibility index (Phi) is 6.98. The molecule has 36 heavy (non-hydrogen) atoms. The van der Waals surface area contributed by atoms with Crippen molar-refractivity contribution in [2.75, 3.05) is 23.9 Å². The highest BCUT2D eigenvalue weighted by atomic mass is 32.2. The molecule has 1 unspecified atom stereocenters. The van der Waals surface area contributed by atoms with E-state index in [0.717, 1.165) is 30.8 Å². The molecule has 8 heteroatoms. The maximum Gasteiger partial charge on any atom is 0.264 e. The first-order chi connectivity index (χ1) is 17.4. The number of sulfonamides is 1. The predicted molar refractivity (Wildman–Crippen MR) is 139 cm³/mol. The molecule has 1 atom stereocenters. The fourth-order valence-corrected chi connectivity index (χ4v) is 6.24. The number of nitrogens with zero attached hydrogens (tertiary/aromatic N) is 2. The monoisotopic (exact) mass is 505 g/mol. The number of ether oxygens (including phenoxy) is 1. The number of fused-ring (bicyclic) bond motifs is 1. The predicted octanol–water partition coefficient (Wildman–Crippen LogP) is 3.86. The molecule has 0 aromatic heterocycles. The van der Waals surface area contributed by atoms with E-state index in [-0.39, 0.29) is 17.3 Å². The van der Waals surface area contributed by atoms with E-state index in [4.69, 9.17) is 4.74 Å². The summed E-state index contributed by atoms with van der Waals surface area (Å²) in [6.45, 7) is 5.22. The average Bonchev–Trinajstić information content (AvgIpc) is 3.40. The summed E-state index contributed by atoms with van der Waals surface area (Å²) in [5.41, 5.74) is 3.65. The van der Waals surface area contributed by atoms with Crippen LogP contribution in [0.15, 0.2) is 77.7 Å². The lowest BCUT2D eigenvalue weighted by Gasteiger charge is -2.34. The van der Waals surface area contributed by atoms with Gasteiger partial charge in [-0.3, -0.25) is 14.0 Å². The lowest BCUT2D eigenvalue weighted by atomic mass is 10.1. The van der Waals surface area contributed by atoms with Crippen LogP contribution in [0.25, 0.3) is 0 Å². The van der Waals surface area contributed by atoms with Crippen LogP contribution in [0.1, 0.15) is 29.5 Å². The molecule has 1 amide bonds. The van der Waals surface area contributed by atoms with E-state index in [1.807, 2.05) is 25.1 Å². The SMILES string of the molecule is Cc1ccc(S(=O)(=O)N2CC(C(=O)NCc3ccccc3CN3CCCC3)Oc3ccccc32)cc1. The van der Waals surface area contributed by atoms with Crippen LogP contribution in [0.5, 0.6) is 5.75 Å². The van der Waals surface area contributed by atoms with Crippen molar-refractivity contribution in [3.05, 3.63) is 89.5 Å². The van der Waals surface area contributed by atoms with Crippen LogP contribution in [0.2, 0.25) is 0 Å². The Morgan fingerprint density at radius 3 is 2.36 bits per heavy atom. The van der Waals surface area contributed by atoms with Crippen LogP contribution in [-0.4, -0.2) is 45.0 Å². The number of likely N-dealkylation sites (tertiary alicyclic amines) is 1. The van der Waals surface area contributed by atoms with Gasteiger partial charge in [-0.15, -0.1) is 0 Å². The number of para-hydroxylation sites is 2. The summed E-state index contributed by atoms with van der Waals surface area (Å²) in [5, 5.41) is 2.98. The molecule has 5 rings (SSSR count). The van der Waals surface area contributed by atoms with E-state index in [1.54, 1.807) is 48.5 Å². The highest BCUT2D eigenvalue weighted by Crippen LogP contribution is 2.36. The molecular weight excluding hydrogens is 474 g/mol. The van der Waals surface area contributed by atoms with Crippen LogP contribution in [0, 0.1) is 6.92 Å². The molecule has 0 spiro atoms. The Morgan fingerprint density at radius 1 is 0.944 bits per heavy atom. The van der Waals surface area contributed by atoms with Gasteiger partial charge in [-0.25, -0.2) is 8.42 Å². The van der Waals surface area contributed by atoms with E-state index < -0.39 is 16.1 Å². The molecule has 0 bridgehead atoms. The summed E-state index contributed by atoms with van der Waals surface area (Å²) in [6.07, 6.45) is 1.48. The Balaban J connectivity index is 1.34. The Hall–Kier alpha value is -3.36. The standard InChI is InChI=1S/C28H31N3O4S/c1-21-12-14-24(15-13-21)36(33,34)31-20-27(35-26-11-5-4-10-25(26)31)28(32)29-18-22-8-2-3-9-23(22)19-30-16-6-7-17-30/h2-5,8-15,27H,6-7,16-20H2,1H3,(H,29,32). The molecular formula is C28H31N3O4S. The van der Waals surface area contributed by atoms with Crippen molar-refractivity contribution in [3.8, 4) is 5.75 Å². The third kappa shape index (κ3) is 5.10. The summed E-state index contributed by atoms with van der Waals surface area (Å²) in [7, 11) is -3.88. The Labute approximate surface area is 212 Å². The first-order valence-corrected chi connectivity index (χ1v) is 13.8. The van der Waals surface area contributed by atoms with Crippen molar-refractivity contribution in [1.29, 1.82) is 0 Å². The summed E-state index contributed by atoms with van der Waals surface area (Å²) in [6, 6.07) is 21.8. The maximum absolute atomic E-state index is 13.6. The van der Waals surface area contributed by atoms with Crippen molar-refractivity contribution < 1.29 is 17.9 Å². The summed E-state index contributed by atoms with van der Waals surface area (Å²) < 4.78 is 34.4. The van der Waals surface area contributed by atoms with Gasteiger partial charge in [0.2, 0.25) is 0 Å². The van der Waals surface area contributed by atoms with E-state index in [1.165, 1.54) is 22.7 Å². The normalized spacial score (nSPS) is 17.9. The second kappa shape index (κ2) is 10.3. The lowest BCUT2D eigenvalue weighted by Crippen LogP contribution is -2.50. The van der Waals surface area contributed by atoms with Crippen LogP contribution in [-0.2, 0) is 27.9 Å². The van der Waals surface area contributed by atoms with Gasteiger partial charge >= 0.3 is 0 Å². The number of nitrogens with one attached hydrogen (secondary N) is 1. The topological polar surface area (TPSA) is 79.0 Å². The van der Waals surface area contributed by atoms with Crippen molar-refractivity contribution in [2.24, 2.45) is 0 Å². The highest BCUT2D eigenvalue weighted by Gasteiger charge is 2.37. The van der Waals surface area contributed by atoms with Crippen LogP contribution >= 0.6 is 0 Å². The van der Waals surface area contributed by atoms with Gasteiger partial charge in [0.25, 0.3) is 15.9 Å². The number of benzene rings is 3. The van der Waals surface area contributed by atoms with Gasteiger partial charge in [0.15, 0.2) is 6.10 Å². The number of carbonyl (C=O) groups is 1. The molecule has 1 fully saturated rings. The summed E-state index contributed by atoms with van der Waals surface area (Å²) in [4.78, 5) is 15.8. The first kappa shape index (κ1) is 24.3. The molecule has 3 aromatic carbocycles. The zero-order valence-corrected chi connectivity index (χ0v) is 21.2. The van der Waals surface area contributed by atoms with Crippen LogP contribution in [0.4, 0.5) is 5.69 Å². The summed E-state index contributed by atoms with van der Waals surface area (Å²) in [5.74, 6) is 0.0265. The smallest absolute Gasteiger partial charge is 0.264 e. The van der Waals surface area contributed by atoms with Crippen molar-refractivity contribution >= 4 is 21.6 Å². The van der Waals surface area contributed by atoms with Gasteiger partial charge in [-0.1, -0.05) is 54.1 Å². The molecule has 7 nitrogen and oxygen atoms in total. The molecule has 188 valence electrons. The quantitative estimate of drug-likeness (QED) is 0.528. The molecule has 0 aliphatic carbocycles. The fourth-order valence-electron chi connectivity index (χ4n) is 4.77. The number of amides is 1. The Bertz CT molecular complexity index is 1330. The molecule has 1 saturated heterocycles. The van der Waals surface area contributed by atoms with Gasteiger partial charge < -0.3 is 10.1 Å². The van der Waals surface area contributed by atoms with Gasteiger partial charge in [0.1, 0.15) is 5.75 Å². The number of carbonyl (C=O) groups excluding carboxylic acids is 1. The Morgan fingerprint density at radius 2 is 1.61 bits per heavy atom. The third-order valence-corrected chi connectivity index (χ3v) is 8.59. The minimum absolute atomic E-state index is 0.103. The van der Waals surface area contributed by atoms with Crippen molar-refractivity contribution in [1.82, 2.24) is 10.2 Å². The number of aryl methyl sites for hydroxylation is 1. The minimum Gasteiger partial charge on any atom is -0.476 e. The molecule has 2 aliphatic rings. The molecule has 0 saturated carbocycles. The molecule has 0 radical (unpaired) electrons. The molecule has 3 aromatic rings. The third-order valence-electron chi connectivity index (χ3n) is 6.80. The molecule has 2 aliphatic heterocycles. The lowest BCUT2D eigenvalue weighted by molar-refractivity contribution is -0.127. The number of hydrogen-bond donors (Lipinski definition) is 1. The zero-order chi connectivity index (χ0) is 25.1. The molecule has 2 heterocycles. The minimum atomic E-state index is -3.88. The van der Waals surface area contributed by atoms with Crippen LogP contribution < -0.4 is 14.4 Å². The van der Waals surface area contributed by atoms with E-state index in [2.05, 4.69) is 16.3 Å². The second-order valence-electron chi connectivity index (χ2n) is 9.39. The largest absolute Gasteiger partial charge is 0.476 e. The number of hydrogen-bond acceptors (Lipinski definition) is 5. The van der Waals surface area contributed by atoms with Crippen molar-refractivity contribution in [3.63, 3.8) is 0 Å². The second-order valence-corrected chi connectivity index (χ2v) is 11.3. The van der Waals surface area contributed by atoms with Gasteiger partial charge in [0, 0.05) is 13.1 Å².